The van der Waals surface area contributed by atoms with E-state index in [2.05, 4.69) is 16.0 Å². The van der Waals surface area contributed by atoms with Crippen molar-refractivity contribution in [3.8, 4) is 0 Å². The quantitative estimate of drug-likeness (QED) is 0.654. The van der Waals surface area contributed by atoms with Crippen molar-refractivity contribution in [1.29, 1.82) is 0 Å². The number of carbonyl (C=O) groups is 3. The number of halogens is 3. The Bertz CT molecular complexity index is 709. The summed E-state index contributed by atoms with van der Waals surface area (Å²) < 4.78 is 38.6. The van der Waals surface area contributed by atoms with Gasteiger partial charge in [0.05, 0.1) is 24.6 Å². The maximum absolute atomic E-state index is 12.9. The summed E-state index contributed by atoms with van der Waals surface area (Å²) >= 11 is 0. The molecule has 0 radical (unpaired) electrons. The molecule has 1 saturated heterocycles. The van der Waals surface area contributed by atoms with Crippen LogP contribution in [0.25, 0.3) is 0 Å². The Morgan fingerprint density at radius 2 is 2.04 bits per heavy atom. The molecule has 0 aliphatic carbocycles. The van der Waals surface area contributed by atoms with Crippen molar-refractivity contribution in [1.82, 2.24) is 20.9 Å². The van der Waals surface area contributed by atoms with Gasteiger partial charge in [0, 0.05) is 26.7 Å². The number of amides is 3. The van der Waals surface area contributed by atoms with Crippen molar-refractivity contribution in [2.45, 2.75) is 25.2 Å². The number of carbonyl (C=O) groups excluding carboxylic acids is 3. The van der Waals surface area contributed by atoms with Crippen molar-refractivity contribution < 1.29 is 27.6 Å². The minimum absolute atomic E-state index is 0.102. The van der Waals surface area contributed by atoms with Gasteiger partial charge >= 0.3 is 6.18 Å². The van der Waals surface area contributed by atoms with Crippen molar-refractivity contribution in [2.75, 3.05) is 26.7 Å². The summed E-state index contributed by atoms with van der Waals surface area (Å²) in [6.45, 7) is 0.631. The summed E-state index contributed by atoms with van der Waals surface area (Å²) in [5.74, 6) is -1.24. The van der Waals surface area contributed by atoms with Crippen LogP contribution in [0.5, 0.6) is 0 Å². The summed E-state index contributed by atoms with van der Waals surface area (Å²) in [6, 6.07) is 4.06. The molecule has 0 spiro atoms. The Morgan fingerprint density at radius 1 is 1.30 bits per heavy atom. The van der Waals surface area contributed by atoms with E-state index in [1.165, 1.54) is 13.1 Å². The molecule has 3 N–H and O–H groups in total. The molecule has 1 heterocycles. The van der Waals surface area contributed by atoms with Gasteiger partial charge in [0.1, 0.15) is 0 Å². The van der Waals surface area contributed by atoms with E-state index in [0.29, 0.717) is 18.7 Å². The number of hydrogen-bond donors (Lipinski definition) is 3. The lowest BCUT2D eigenvalue weighted by molar-refractivity contribution is -0.138. The predicted octanol–water partition coefficient (Wildman–Crippen LogP) is 0.258. The molecule has 1 atom stereocenters. The highest BCUT2D eigenvalue weighted by Crippen LogP contribution is 2.30. The van der Waals surface area contributed by atoms with Gasteiger partial charge in [-0.3, -0.25) is 19.3 Å². The van der Waals surface area contributed by atoms with Crippen LogP contribution < -0.4 is 16.0 Å². The van der Waals surface area contributed by atoms with E-state index in [1.807, 2.05) is 0 Å². The van der Waals surface area contributed by atoms with Crippen LogP contribution in [0.2, 0.25) is 0 Å². The Kier molecular flexibility index (Phi) is 6.78. The molecule has 1 aromatic carbocycles. The molecule has 1 aliphatic rings. The van der Waals surface area contributed by atoms with Crippen LogP contribution in [-0.2, 0) is 27.1 Å². The van der Waals surface area contributed by atoms with Crippen LogP contribution in [0.4, 0.5) is 13.2 Å². The van der Waals surface area contributed by atoms with Crippen LogP contribution in [0, 0.1) is 0 Å². The first kappa shape index (κ1) is 20.7. The second-order valence-electron chi connectivity index (χ2n) is 6.13. The lowest BCUT2D eigenvalue weighted by Gasteiger charge is -2.34. The molecule has 148 valence electrons. The van der Waals surface area contributed by atoms with Crippen molar-refractivity contribution in [2.24, 2.45) is 0 Å². The summed E-state index contributed by atoms with van der Waals surface area (Å²) in [7, 11) is 1.43. The van der Waals surface area contributed by atoms with Gasteiger partial charge in [-0.25, -0.2) is 0 Å². The molecule has 0 aromatic heterocycles. The van der Waals surface area contributed by atoms with Gasteiger partial charge in [-0.1, -0.05) is 18.2 Å². The normalized spacial score (nSPS) is 17.9. The molecule has 10 heteroatoms. The molecular formula is C17H21F3N4O3. The first-order valence-electron chi connectivity index (χ1n) is 8.36. The fourth-order valence-corrected chi connectivity index (χ4v) is 2.77. The fourth-order valence-electron chi connectivity index (χ4n) is 2.77. The van der Waals surface area contributed by atoms with Crippen LogP contribution in [-0.4, -0.2) is 55.3 Å². The standard InChI is InChI=1S/C17H21F3N4O3/c1-21-15(26)9-23-14(25)8-13-16(27)22-5-6-24(13)10-11-3-2-4-12(7-11)17(18,19)20/h2-4,7,13H,5-6,8-10H2,1H3,(H,21,26)(H,22,27)(H,23,25)/t13-/m1/s1. The number of rotatable bonds is 6. The van der Waals surface area contributed by atoms with Gasteiger partial charge in [0.25, 0.3) is 0 Å². The molecule has 1 fully saturated rings. The number of benzene rings is 1. The lowest BCUT2D eigenvalue weighted by Crippen LogP contribution is -2.56. The number of nitrogens with zero attached hydrogens (tertiary/aromatic N) is 1. The average Bonchev–Trinajstić information content (AvgIpc) is 2.62. The first-order chi connectivity index (χ1) is 12.7. The summed E-state index contributed by atoms with van der Waals surface area (Å²) in [5, 5.41) is 7.41. The molecule has 3 amide bonds. The summed E-state index contributed by atoms with van der Waals surface area (Å²) in [6.07, 6.45) is -4.64. The Hall–Kier alpha value is -2.62. The van der Waals surface area contributed by atoms with E-state index in [-0.39, 0.29) is 31.3 Å². The largest absolute Gasteiger partial charge is 0.416 e. The van der Waals surface area contributed by atoms with Crippen LogP contribution in [0.15, 0.2) is 24.3 Å². The molecule has 2 rings (SSSR count). The van der Waals surface area contributed by atoms with E-state index in [0.717, 1.165) is 12.1 Å². The lowest BCUT2D eigenvalue weighted by atomic mass is 10.1. The number of alkyl halides is 3. The maximum Gasteiger partial charge on any atom is 0.416 e. The van der Waals surface area contributed by atoms with E-state index >= 15 is 0 Å². The van der Waals surface area contributed by atoms with E-state index in [9.17, 15) is 27.6 Å². The van der Waals surface area contributed by atoms with Gasteiger partial charge in [0.15, 0.2) is 0 Å². The number of likely N-dealkylation sites (N-methyl/N-ethyl adjacent to an activating group) is 1. The Morgan fingerprint density at radius 3 is 2.70 bits per heavy atom. The van der Waals surface area contributed by atoms with E-state index < -0.39 is 23.7 Å². The number of hydrogen-bond acceptors (Lipinski definition) is 4. The molecule has 0 saturated carbocycles. The highest BCUT2D eigenvalue weighted by atomic mass is 19.4. The van der Waals surface area contributed by atoms with Crippen molar-refractivity contribution in [3.63, 3.8) is 0 Å². The minimum Gasteiger partial charge on any atom is -0.358 e. The fraction of sp³-hybridized carbons (Fsp3) is 0.471. The van der Waals surface area contributed by atoms with Gasteiger partial charge < -0.3 is 16.0 Å². The smallest absolute Gasteiger partial charge is 0.358 e. The van der Waals surface area contributed by atoms with Crippen LogP contribution >= 0.6 is 0 Å². The number of nitrogens with one attached hydrogen (secondary N) is 3. The average molecular weight is 386 g/mol. The van der Waals surface area contributed by atoms with Gasteiger partial charge in [-0.05, 0) is 11.6 Å². The monoisotopic (exact) mass is 386 g/mol. The second-order valence-corrected chi connectivity index (χ2v) is 6.13. The molecule has 0 unspecified atom stereocenters. The zero-order valence-corrected chi connectivity index (χ0v) is 14.7. The highest BCUT2D eigenvalue weighted by Gasteiger charge is 2.33. The minimum atomic E-state index is -4.45. The molecule has 27 heavy (non-hydrogen) atoms. The van der Waals surface area contributed by atoms with Gasteiger partial charge in [0.2, 0.25) is 17.7 Å². The van der Waals surface area contributed by atoms with E-state index in [4.69, 9.17) is 0 Å². The first-order valence-corrected chi connectivity index (χ1v) is 8.36. The topological polar surface area (TPSA) is 90.5 Å². The van der Waals surface area contributed by atoms with Gasteiger partial charge in [-0.15, -0.1) is 0 Å². The third-order valence-corrected chi connectivity index (χ3v) is 4.19. The molecule has 1 aliphatic heterocycles. The summed E-state index contributed by atoms with van der Waals surface area (Å²) in [5.41, 5.74) is -0.364. The molecule has 7 nitrogen and oxygen atoms in total. The maximum atomic E-state index is 12.9. The van der Waals surface area contributed by atoms with Crippen molar-refractivity contribution >= 4 is 17.7 Å². The van der Waals surface area contributed by atoms with E-state index in [1.54, 1.807) is 11.0 Å². The molecular weight excluding hydrogens is 365 g/mol. The molecule has 1 aromatic rings. The zero-order valence-electron chi connectivity index (χ0n) is 14.7. The Balaban J connectivity index is 2.06. The highest BCUT2D eigenvalue weighted by molar-refractivity contribution is 5.90. The zero-order chi connectivity index (χ0) is 20.0. The predicted molar refractivity (Wildman–Crippen MR) is 90.3 cm³/mol. The Labute approximate surface area is 154 Å². The summed E-state index contributed by atoms with van der Waals surface area (Å²) in [4.78, 5) is 37.0. The third kappa shape index (κ3) is 5.95. The second kappa shape index (κ2) is 8.85. The van der Waals surface area contributed by atoms with Gasteiger partial charge in [-0.2, -0.15) is 13.2 Å². The molecule has 0 bridgehead atoms. The number of piperazine rings is 1. The van der Waals surface area contributed by atoms with Crippen LogP contribution in [0.3, 0.4) is 0 Å². The third-order valence-electron chi connectivity index (χ3n) is 4.19. The SMILES string of the molecule is CNC(=O)CNC(=O)C[C@@H]1C(=O)NCCN1Cc1cccc(C(F)(F)F)c1. The van der Waals surface area contributed by atoms with Crippen molar-refractivity contribution in [3.05, 3.63) is 35.4 Å². The van der Waals surface area contributed by atoms with Crippen LogP contribution in [0.1, 0.15) is 17.5 Å².